The lowest BCUT2D eigenvalue weighted by Crippen LogP contribution is -2.94. The Labute approximate surface area is 149 Å². The van der Waals surface area contributed by atoms with Gasteiger partial charge in [0, 0.05) is 17.0 Å². The van der Waals surface area contributed by atoms with Gasteiger partial charge in [-0.3, -0.25) is 0 Å². The lowest BCUT2D eigenvalue weighted by molar-refractivity contribution is -0.738. The molecule has 126 valence electrons. The molecule has 0 fully saturated rings. The molecule has 0 spiro atoms. The summed E-state index contributed by atoms with van der Waals surface area (Å²) in [5, 5.41) is 3.63. The van der Waals surface area contributed by atoms with Crippen molar-refractivity contribution in [3.63, 3.8) is 0 Å². The minimum Gasteiger partial charge on any atom is -0.455 e. The SMILES string of the molecule is CC(C)(C)CC(C)(C)[NH2+]Cc1ccc(-c2cc(Cl)ccc2Cl)o1. The number of halogens is 2. The summed E-state index contributed by atoms with van der Waals surface area (Å²) in [4.78, 5) is 0. The molecule has 2 aromatic rings. The summed E-state index contributed by atoms with van der Waals surface area (Å²) in [5.41, 5.74) is 1.31. The predicted octanol–water partition coefficient (Wildman–Crippen LogP) is 5.53. The van der Waals surface area contributed by atoms with Crippen LogP contribution in [0.5, 0.6) is 0 Å². The maximum atomic E-state index is 6.24. The first-order chi connectivity index (χ1) is 10.6. The molecule has 0 atom stereocenters. The van der Waals surface area contributed by atoms with Crippen LogP contribution in [0.15, 0.2) is 34.7 Å². The third-order valence-electron chi connectivity index (χ3n) is 3.70. The highest BCUT2D eigenvalue weighted by molar-refractivity contribution is 6.35. The number of benzene rings is 1. The molecule has 0 saturated heterocycles. The van der Waals surface area contributed by atoms with E-state index in [1.807, 2.05) is 18.2 Å². The zero-order chi connectivity index (χ0) is 17.3. The highest BCUT2D eigenvalue weighted by Gasteiger charge is 2.28. The van der Waals surface area contributed by atoms with E-state index in [0.29, 0.717) is 15.5 Å². The fourth-order valence-electron chi connectivity index (χ4n) is 3.13. The van der Waals surface area contributed by atoms with E-state index in [0.717, 1.165) is 30.0 Å². The number of hydrogen-bond acceptors (Lipinski definition) is 1. The molecule has 1 aromatic carbocycles. The maximum absolute atomic E-state index is 6.24. The number of quaternary nitrogens is 1. The molecule has 0 aliphatic rings. The summed E-state index contributed by atoms with van der Waals surface area (Å²) < 4.78 is 5.96. The van der Waals surface area contributed by atoms with Gasteiger partial charge in [0.15, 0.2) is 5.76 Å². The Kier molecular flexibility index (Phi) is 5.50. The second-order valence-electron chi connectivity index (χ2n) is 8.02. The third kappa shape index (κ3) is 5.56. The molecule has 4 heteroatoms. The molecular formula is C19H26Cl2NO+. The van der Waals surface area contributed by atoms with Crippen LogP contribution >= 0.6 is 23.2 Å². The van der Waals surface area contributed by atoms with Crippen molar-refractivity contribution in [2.24, 2.45) is 5.41 Å². The van der Waals surface area contributed by atoms with Crippen molar-refractivity contribution < 1.29 is 9.73 Å². The van der Waals surface area contributed by atoms with Crippen LogP contribution in [0.3, 0.4) is 0 Å². The molecular weight excluding hydrogens is 329 g/mol. The van der Waals surface area contributed by atoms with Crippen molar-refractivity contribution in [3.8, 4) is 11.3 Å². The van der Waals surface area contributed by atoms with E-state index < -0.39 is 0 Å². The smallest absolute Gasteiger partial charge is 0.158 e. The number of rotatable bonds is 5. The van der Waals surface area contributed by atoms with Gasteiger partial charge in [0.05, 0.1) is 10.6 Å². The Morgan fingerprint density at radius 3 is 2.35 bits per heavy atom. The van der Waals surface area contributed by atoms with E-state index in [1.54, 1.807) is 12.1 Å². The van der Waals surface area contributed by atoms with Crippen molar-refractivity contribution in [3.05, 3.63) is 46.1 Å². The standard InChI is InChI=1S/C19H25Cl2NO/c1-18(2,3)12-19(4,5)22-11-14-7-9-17(23-14)15-10-13(20)6-8-16(15)21/h6-10,22H,11-12H2,1-5H3/p+1. The average Bonchev–Trinajstić information content (AvgIpc) is 2.85. The van der Waals surface area contributed by atoms with Gasteiger partial charge in [-0.05, 0) is 49.6 Å². The maximum Gasteiger partial charge on any atom is 0.158 e. The monoisotopic (exact) mass is 354 g/mol. The van der Waals surface area contributed by atoms with Crippen LogP contribution in [-0.2, 0) is 6.54 Å². The lowest BCUT2D eigenvalue weighted by Gasteiger charge is -2.30. The van der Waals surface area contributed by atoms with Gasteiger partial charge in [-0.2, -0.15) is 0 Å². The first-order valence-electron chi connectivity index (χ1n) is 7.94. The summed E-state index contributed by atoms with van der Waals surface area (Å²) >= 11 is 12.3. The molecule has 0 aliphatic heterocycles. The molecule has 0 unspecified atom stereocenters. The summed E-state index contributed by atoms with van der Waals surface area (Å²) in [6.45, 7) is 12.2. The normalized spacial score (nSPS) is 12.7. The molecule has 0 bridgehead atoms. The van der Waals surface area contributed by atoms with E-state index >= 15 is 0 Å². The van der Waals surface area contributed by atoms with Gasteiger partial charge in [0.25, 0.3) is 0 Å². The molecule has 2 rings (SSSR count). The fourth-order valence-corrected chi connectivity index (χ4v) is 3.52. The summed E-state index contributed by atoms with van der Waals surface area (Å²) in [6.07, 6.45) is 1.13. The Morgan fingerprint density at radius 2 is 1.70 bits per heavy atom. The van der Waals surface area contributed by atoms with Crippen LogP contribution in [0.4, 0.5) is 0 Å². The Bertz CT molecular complexity index is 668. The summed E-state index contributed by atoms with van der Waals surface area (Å²) in [6, 6.07) is 9.37. The minimum atomic E-state index is 0.166. The van der Waals surface area contributed by atoms with E-state index in [4.69, 9.17) is 27.6 Å². The molecule has 0 aliphatic carbocycles. The van der Waals surface area contributed by atoms with Crippen LogP contribution in [0.2, 0.25) is 10.0 Å². The number of hydrogen-bond donors (Lipinski definition) is 1. The van der Waals surface area contributed by atoms with Gasteiger partial charge in [-0.15, -0.1) is 0 Å². The van der Waals surface area contributed by atoms with Gasteiger partial charge < -0.3 is 9.73 Å². The first-order valence-corrected chi connectivity index (χ1v) is 8.70. The summed E-state index contributed by atoms with van der Waals surface area (Å²) in [7, 11) is 0. The van der Waals surface area contributed by atoms with Crippen LogP contribution in [0.25, 0.3) is 11.3 Å². The molecule has 1 heterocycles. The lowest BCUT2D eigenvalue weighted by atomic mass is 9.82. The van der Waals surface area contributed by atoms with E-state index in [2.05, 4.69) is 39.9 Å². The van der Waals surface area contributed by atoms with Crippen LogP contribution in [-0.4, -0.2) is 5.54 Å². The Balaban J connectivity index is 2.07. The van der Waals surface area contributed by atoms with Gasteiger partial charge in [0.2, 0.25) is 0 Å². The second-order valence-corrected chi connectivity index (χ2v) is 8.87. The zero-order valence-electron chi connectivity index (χ0n) is 14.5. The van der Waals surface area contributed by atoms with E-state index in [-0.39, 0.29) is 5.54 Å². The average molecular weight is 355 g/mol. The molecule has 0 radical (unpaired) electrons. The van der Waals surface area contributed by atoms with Crippen LogP contribution < -0.4 is 5.32 Å². The van der Waals surface area contributed by atoms with Gasteiger partial charge in [-0.25, -0.2) is 0 Å². The molecule has 0 saturated carbocycles. The molecule has 1 aromatic heterocycles. The van der Waals surface area contributed by atoms with Crippen LogP contribution in [0, 0.1) is 5.41 Å². The molecule has 0 amide bonds. The van der Waals surface area contributed by atoms with Crippen LogP contribution in [0.1, 0.15) is 46.8 Å². The Morgan fingerprint density at radius 1 is 1.00 bits per heavy atom. The minimum absolute atomic E-state index is 0.166. The van der Waals surface area contributed by atoms with Crippen molar-refractivity contribution in [2.75, 3.05) is 0 Å². The van der Waals surface area contributed by atoms with Gasteiger partial charge >= 0.3 is 0 Å². The van der Waals surface area contributed by atoms with Gasteiger partial charge in [0.1, 0.15) is 12.3 Å². The first kappa shape index (κ1) is 18.4. The second kappa shape index (κ2) is 6.88. The number of furan rings is 1. The molecule has 23 heavy (non-hydrogen) atoms. The molecule has 2 N–H and O–H groups in total. The van der Waals surface area contributed by atoms with E-state index in [1.165, 1.54) is 0 Å². The zero-order valence-corrected chi connectivity index (χ0v) is 16.1. The molecule has 2 nitrogen and oxygen atoms in total. The third-order valence-corrected chi connectivity index (χ3v) is 4.26. The van der Waals surface area contributed by atoms with Crippen molar-refractivity contribution in [1.29, 1.82) is 0 Å². The largest absolute Gasteiger partial charge is 0.455 e. The highest BCUT2D eigenvalue weighted by Crippen LogP contribution is 2.31. The Hall–Kier alpha value is -0.960. The highest BCUT2D eigenvalue weighted by atomic mass is 35.5. The number of nitrogens with two attached hydrogens (primary N) is 1. The topological polar surface area (TPSA) is 29.8 Å². The van der Waals surface area contributed by atoms with Crippen molar-refractivity contribution in [1.82, 2.24) is 0 Å². The fraction of sp³-hybridized carbons (Fsp3) is 0.474. The van der Waals surface area contributed by atoms with Gasteiger partial charge in [-0.1, -0.05) is 44.0 Å². The van der Waals surface area contributed by atoms with Crippen molar-refractivity contribution in [2.45, 2.75) is 53.1 Å². The van der Waals surface area contributed by atoms with Crippen molar-refractivity contribution >= 4 is 23.2 Å². The predicted molar refractivity (Wildman–Crippen MR) is 97.9 cm³/mol. The quantitative estimate of drug-likeness (QED) is 0.751. The summed E-state index contributed by atoms with van der Waals surface area (Å²) in [5.74, 6) is 1.70. The van der Waals surface area contributed by atoms with E-state index in [9.17, 15) is 0 Å².